The molecule has 2 amide bonds. The maximum atomic E-state index is 13.4. The highest BCUT2D eigenvalue weighted by atomic mass is 16.7. The van der Waals surface area contributed by atoms with Gasteiger partial charge in [0, 0.05) is 32.1 Å². The highest BCUT2D eigenvalue weighted by Gasteiger charge is 2.52. The molecule has 3 unspecified atom stereocenters. The molecule has 2 saturated heterocycles. The van der Waals surface area contributed by atoms with Crippen molar-refractivity contribution in [2.24, 2.45) is 16.7 Å². The Morgan fingerprint density at radius 3 is 2.79 bits per heavy atom. The van der Waals surface area contributed by atoms with Crippen LogP contribution in [0.2, 0.25) is 0 Å². The first-order valence-corrected chi connectivity index (χ1v) is 10.7. The first kappa shape index (κ1) is 18.8. The van der Waals surface area contributed by atoms with Gasteiger partial charge in [0.05, 0.1) is 5.92 Å². The summed E-state index contributed by atoms with van der Waals surface area (Å²) in [6.45, 7) is 9.05. The smallest absolute Gasteiger partial charge is 0.231 e. The number of carbonyl (C=O) groups is 2. The van der Waals surface area contributed by atoms with E-state index < -0.39 is 0 Å². The van der Waals surface area contributed by atoms with Crippen LogP contribution in [-0.4, -0.2) is 47.5 Å². The van der Waals surface area contributed by atoms with Crippen LogP contribution in [0.1, 0.15) is 52.0 Å². The van der Waals surface area contributed by atoms with E-state index in [1.165, 1.54) is 6.42 Å². The van der Waals surface area contributed by atoms with Crippen LogP contribution in [0.25, 0.3) is 0 Å². The number of nitrogens with zero attached hydrogens (tertiary/aromatic N) is 2. The van der Waals surface area contributed by atoms with Crippen molar-refractivity contribution in [2.45, 2.75) is 59.0 Å². The Morgan fingerprint density at radius 1 is 1.17 bits per heavy atom. The quantitative estimate of drug-likeness (QED) is 0.785. The van der Waals surface area contributed by atoms with Gasteiger partial charge in [0.1, 0.15) is 0 Å². The van der Waals surface area contributed by atoms with E-state index in [9.17, 15) is 9.59 Å². The topological polar surface area (TPSA) is 59.1 Å². The minimum absolute atomic E-state index is 0.0646. The van der Waals surface area contributed by atoms with Gasteiger partial charge in [-0.05, 0) is 47.8 Å². The Morgan fingerprint density at radius 2 is 1.97 bits per heavy atom. The number of likely N-dealkylation sites (tertiary alicyclic amines) is 2. The molecule has 1 aliphatic carbocycles. The van der Waals surface area contributed by atoms with E-state index in [0.29, 0.717) is 25.6 Å². The molecular formula is C23H30N2O4. The normalized spacial score (nSPS) is 32.2. The Labute approximate surface area is 172 Å². The van der Waals surface area contributed by atoms with E-state index in [1.54, 1.807) is 0 Å². The van der Waals surface area contributed by atoms with Crippen LogP contribution >= 0.6 is 0 Å². The molecule has 0 spiro atoms. The lowest BCUT2D eigenvalue weighted by Crippen LogP contribution is -2.41. The molecule has 3 fully saturated rings. The molecule has 3 atom stereocenters. The third-order valence-electron chi connectivity index (χ3n) is 7.07. The Kier molecular flexibility index (Phi) is 4.13. The molecule has 5 rings (SSSR count). The Balaban J connectivity index is 1.26. The van der Waals surface area contributed by atoms with Gasteiger partial charge in [-0.15, -0.1) is 0 Å². The number of benzene rings is 1. The third kappa shape index (κ3) is 3.36. The second-order valence-electron chi connectivity index (χ2n) is 10.5. The lowest BCUT2D eigenvalue weighted by molar-refractivity contribution is -0.137. The van der Waals surface area contributed by atoms with E-state index in [-0.39, 0.29) is 35.4 Å². The summed E-state index contributed by atoms with van der Waals surface area (Å²) in [6, 6.07) is 6.10. The summed E-state index contributed by atoms with van der Waals surface area (Å²) in [5.74, 6) is 1.49. The van der Waals surface area contributed by atoms with Crippen molar-refractivity contribution in [3.05, 3.63) is 23.8 Å². The summed E-state index contributed by atoms with van der Waals surface area (Å²) in [4.78, 5) is 29.9. The molecule has 0 radical (unpaired) electrons. The van der Waals surface area contributed by atoms with Crippen molar-refractivity contribution in [3.63, 3.8) is 0 Å². The predicted molar refractivity (Wildman–Crippen MR) is 107 cm³/mol. The Bertz CT molecular complexity index is 866. The van der Waals surface area contributed by atoms with Crippen LogP contribution in [0, 0.1) is 16.7 Å². The van der Waals surface area contributed by atoms with Crippen LogP contribution < -0.4 is 9.47 Å². The number of fused-ring (bicyclic) bond motifs is 3. The monoisotopic (exact) mass is 398 g/mol. The second kappa shape index (κ2) is 6.38. The van der Waals surface area contributed by atoms with Crippen LogP contribution in [0.4, 0.5) is 0 Å². The van der Waals surface area contributed by atoms with Crippen molar-refractivity contribution < 1.29 is 19.1 Å². The molecule has 156 valence electrons. The standard InChI is InChI=1S/C23H30N2O4/c1-22(2)8-17-9-23(3,12-22)13-25(17)21(27)16-7-20(26)24(11-16)10-15-4-5-18-19(6-15)29-14-28-18/h4-6,16-17H,7-14H2,1-3H3. The zero-order valence-electron chi connectivity index (χ0n) is 17.6. The first-order valence-electron chi connectivity index (χ1n) is 10.7. The number of amides is 2. The predicted octanol–water partition coefficient (Wildman–Crippen LogP) is 3.19. The highest BCUT2D eigenvalue weighted by Crippen LogP contribution is 2.52. The van der Waals surface area contributed by atoms with E-state index in [0.717, 1.165) is 36.4 Å². The van der Waals surface area contributed by atoms with E-state index >= 15 is 0 Å². The van der Waals surface area contributed by atoms with Crippen molar-refractivity contribution in [3.8, 4) is 11.5 Å². The maximum Gasteiger partial charge on any atom is 0.231 e. The number of hydrogen-bond donors (Lipinski definition) is 0. The average Bonchev–Trinajstić information content (AvgIpc) is 3.30. The van der Waals surface area contributed by atoms with Crippen LogP contribution in [0.15, 0.2) is 18.2 Å². The van der Waals surface area contributed by atoms with Gasteiger partial charge in [-0.25, -0.2) is 0 Å². The molecule has 4 aliphatic rings. The number of ether oxygens (including phenoxy) is 2. The lowest BCUT2D eigenvalue weighted by atomic mass is 9.65. The molecular weight excluding hydrogens is 368 g/mol. The lowest BCUT2D eigenvalue weighted by Gasteiger charge is -2.39. The van der Waals surface area contributed by atoms with Gasteiger partial charge in [0.25, 0.3) is 0 Å². The summed E-state index contributed by atoms with van der Waals surface area (Å²) in [6.07, 6.45) is 3.66. The molecule has 1 saturated carbocycles. The van der Waals surface area contributed by atoms with Gasteiger partial charge >= 0.3 is 0 Å². The van der Waals surface area contributed by atoms with E-state index in [2.05, 4.69) is 25.7 Å². The minimum Gasteiger partial charge on any atom is -0.454 e. The largest absolute Gasteiger partial charge is 0.454 e. The number of hydrogen-bond acceptors (Lipinski definition) is 4. The average molecular weight is 399 g/mol. The molecule has 1 aromatic carbocycles. The number of rotatable bonds is 3. The number of carbonyl (C=O) groups excluding carboxylic acids is 2. The van der Waals surface area contributed by atoms with E-state index in [1.807, 2.05) is 23.1 Å². The summed E-state index contributed by atoms with van der Waals surface area (Å²) in [5.41, 5.74) is 1.50. The summed E-state index contributed by atoms with van der Waals surface area (Å²) >= 11 is 0. The minimum atomic E-state index is -0.220. The van der Waals surface area contributed by atoms with Gasteiger partial charge in [0.2, 0.25) is 18.6 Å². The van der Waals surface area contributed by atoms with Gasteiger partial charge in [0.15, 0.2) is 11.5 Å². The molecule has 6 heteroatoms. The molecule has 3 heterocycles. The molecule has 3 aliphatic heterocycles. The molecule has 0 N–H and O–H groups in total. The highest BCUT2D eigenvalue weighted by molar-refractivity contribution is 5.89. The fraction of sp³-hybridized carbons (Fsp3) is 0.652. The van der Waals surface area contributed by atoms with Crippen LogP contribution in [-0.2, 0) is 16.1 Å². The van der Waals surface area contributed by atoms with Crippen molar-refractivity contribution >= 4 is 11.8 Å². The van der Waals surface area contributed by atoms with Crippen molar-refractivity contribution in [1.29, 1.82) is 0 Å². The van der Waals surface area contributed by atoms with E-state index in [4.69, 9.17) is 9.47 Å². The summed E-state index contributed by atoms with van der Waals surface area (Å²) in [7, 11) is 0. The third-order valence-corrected chi connectivity index (χ3v) is 7.07. The van der Waals surface area contributed by atoms with Crippen molar-refractivity contribution in [2.75, 3.05) is 19.9 Å². The fourth-order valence-electron chi connectivity index (χ4n) is 6.30. The van der Waals surface area contributed by atoms with Crippen LogP contribution in [0.5, 0.6) is 11.5 Å². The van der Waals surface area contributed by atoms with Gasteiger partial charge in [-0.1, -0.05) is 26.8 Å². The molecule has 2 bridgehead atoms. The zero-order valence-corrected chi connectivity index (χ0v) is 17.6. The first-order chi connectivity index (χ1) is 13.7. The molecule has 6 nitrogen and oxygen atoms in total. The second-order valence-corrected chi connectivity index (χ2v) is 10.5. The SMILES string of the molecule is CC1(C)CC2CC(C)(CN2C(=O)C2CC(=O)N(Cc3ccc4c(c3)OCO4)C2)C1. The van der Waals surface area contributed by atoms with Gasteiger partial charge in [-0.2, -0.15) is 0 Å². The van der Waals surface area contributed by atoms with Crippen molar-refractivity contribution in [1.82, 2.24) is 9.80 Å². The van der Waals surface area contributed by atoms with Crippen LogP contribution in [0.3, 0.4) is 0 Å². The Hall–Kier alpha value is -2.24. The zero-order chi connectivity index (χ0) is 20.4. The summed E-state index contributed by atoms with van der Waals surface area (Å²) in [5, 5.41) is 0. The fourth-order valence-corrected chi connectivity index (χ4v) is 6.30. The molecule has 0 aromatic heterocycles. The summed E-state index contributed by atoms with van der Waals surface area (Å²) < 4.78 is 10.8. The molecule has 1 aromatic rings. The maximum absolute atomic E-state index is 13.4. The van der Waals surface area contributed by atoms with Gasteiger partial charge < -0.3 is 19.3 Å². The molecule has 29 heavy (non-hydrogen) atoms. The van der Waals surface area contributed by atoms with Gasteiger partial charge in [-0.3, -0.25) is 9.59 Å².